The van der Waals surface area contributed by atoms with Gasteiger partial charge in [0.05, 0.1) is 0 Å². The zero-order valence-electron chi connectivity index (χ0n) is 11.3. The molecule has 0 fully saturated rings. The Kier molecular flexibility index (Phi) is 5.04. The Hall–Kier alpha value is -1.68. The molecule has 0 radical (unpaired) electrons. The van der Waals surface area contributed by atoms with Crippen LogP contribution in [0.5, 0.6) is 0 Å². The van der Waals surface area contributed by atoms with Crippen molar-refractivity contribution < 1.29 is 5.11 Å². The van der Waals surface area contributed by atoms with Gasteiger partial charge in [-0.15, -0.1) is 0 Å². The van der Waals surface area contributed by atoms with E-state index < -0.39 is 5.72 Å². The molecule has 0 aliphatic heterocycles. The molecule has 1 N–H and O–H groups in total. The van der Waals surface area contributed by atoms with Crippen LogP contribution in [0, 0.1) is 6.92 Å². The summed E-state index contributed by atoms with van der Waals surface area (Å²) < 4.78 is 0. The molecule has 1 atom stereocenters. The second-order valence-electron chi connectivity index (χ2n) is 4.64. The first kappa shape index (κ1) is 14.4. The minimum atomic E-state index is -0.994. The quantitative estimate of drug-likeness (QED) is 0.362. The van der Waals surface area contributed by atoms with E-state index in [-0.39, 0.29) is 0 Å². The van der Waals surface area contributed by atoms with Gasteiger partial charge < -0.3 is 5.11 Å². The molecule has 0 aliphatic carbocycles. The Labute approximate surface area is 109 Å². The smallest absolute Gasteiger partial charge is 0.150 e. The van der Waals surface area contributed by atoms with E-state index in [1.165, 1.54) is 22.5 Å². The van der Waals surface area contributed by atoms with Crippen molar-refractivity contribution in [2.75, 3.05) is 7.05 Å². The lowest BCUT2D eigenvalue weighted by Crippen LogP contribution is -2.40. The number of aryl methyl sites for hydroxylation is 2. The Morgan fingerprint density at radius 1 is 1.39 bits per heavy atom. The summed E-state index contributed by atoms with van der Waals surface area (Å²) in [5.41, 5.74) is 1.45. The van der Waals surface area contributed by atoms with E-state index in [4.69, 9.17) is 0 Å². The monoisotopic (exact) mass is 247 g/mol. The van der Waals surface area contributed by atoms with Gasteiger partial charge in [0.15, 0.2) is 5.72 Å². The minimum absolute atomic E-state index is 0.598. The fourth-order valence-corrected chi connectivity index (χ4v) is 1.54. The molecule has 1 aromatic carbocycles. The van der Waals surface area contributed by atoms with Crippen molar-refractivity contribution in [2.45, 2.75) is 32.4 Å². The summed E-state index contributed by atoms with van der Waals surface area (Å²) in [7, 11) is 1.72. The molecular weight excluding hydrogens is 226 g/mol. The van der Waals surface area contributed by atoms with Crippen LogP contribution in [0.15, 0.2) is 34.4 Å². The molecule has 4 nitrogen and oxygen atoms in total. The van der Waals surface area contributed by atoms with E-state index in [1.54, 1.807) is 14.0 Å². The van der Waals surface area contributed by atoms with Crippen LogP contribution in [-0.4, -0.2) is 35.9 Å². The van der Waals surface area contributed by atoms with Crippen LogP contribution in [0.4, 0.5) is 0 Å². The first-order valence-electron chi connectivity index (χ1n) is 5.96. The van der Waals surface area contributed by atoms with Gasteiger partial charge in [0, 0.05) is 13.5 Å². The van der Waals surface area contributed by atoms with Crippen molar-refractivity contribution in [3.8, 4) is 0 Å². The largest absolute Gasteiger partial charge is 0.370 e. The molecule has 1 aromatic rings. The van der Waals surface area contributed by atoms with Crippen molar-refractivity contribution in [1.29, 1.82) is 0 Å². The van der Waals surface area contributed by atoms with E-state index in [1.807, 2.05) is 0 Å². The normalized spacial score (nSPS) is 14.4. The summed E-state index contributed by atoms with van der Waals surface area (Å²) in [5.74, 6) is 0. The van der Waals surface area contributed by atoms with Crippen molar-refractivity contribution in [3.05, 3.63) is 35.4 Å². The third kappa shape index (κ3) is 4.30. The Morgan fingerprint density at radius 2 is 2.00 bits per heavy atom. The van der Waals surface area contributed by atoms with Crippen LogP contribution < -0.4 is 0 Å². The van der Waals surface area contributed by atoms with Gasteiger partial charge in [-0.05, 0) is 32.5 Å². The van der Waals surface area contributed by atoms with Crippen LogP contribution in [0.3, 0.4) is 0 Å². The summed E-state index contributed by atoms with van der Waals surface area (Å²) in [5, 5.41) is 15.7. The molecule has 0 bridgehead atoms. The van der Waals surface area contributed by atoms with Gasteiger partial charge in [0.2, 0.25) is 0 Å². The highest BCUT2D eigenvalue weighted by Crippen LogP contribution is 2.18. The molecule has 0 spiro atoms. The number of benzene rings is 1. The van der Waals surface area contributed by atoms with Crippen molar-refractivity contribution in [2.24, 2.45) is 10.1 Å². The third-order valence-corrected chi connectivity index (χ3v) is 3.01. The summed E-state index contributed by atoms with van der Waals surface area (Å²) in [6.45, 7) is 7.11. The van der Waals surface area contributed by atoms with E-state index >= 15 is 0 Å². The lowest BCUT2D eigenvalue weighted by Gasteiger charge is -2.31. The number of nitrogens with zero attached hydrogens (tertiary/aromatic N) is 3. The number of hydrogen-bond donors (Lipinski definition) is 1. The van der Waals surface area contributed by atoms with Crippen LogP contribution in [0.25, 0.3) is 0 Å². The average molecular weight is 247 g/mol. The molecule has 0 saturated carbocycles. The molecule has 1 unspecified atom stereocenters. The first-order valence-corrected chi connectivity index (χ1v) is 5.96. The predicted octanol–water partition coefficient (Wildman–Crippen LogP) is 2.21. The van der Waals surface area contributed by atoms with E-state index in [0.29, 0.717) is 6.42 Å². The molecule has 0 amide bonds. The van der Waals surface area contributed by atoms with E-state index in [0.717, 1.165) is 6.42 Å². The number of aliphatic imine (C=N–C) groups is 1. The third-order valence-electron chi connectivity index (χ3n) is 3.01. The van der Waals surface area contributed by atoms with Gasteiger partial charge in [0.25, 0.3) is 0 Å². The molecule has 0 aliphatic rings. The van der Waals surface area contributed by atoms with Crippen LogP contribution in [0.2, 0.25) is 0 Å². The lowest BCUT2D eigenvalue weighted by molar-refractivity contribution is -0.0843. The van der Waals surface area contributed by atoms with Crippen molar-refractivity contribution >= 4 is 13.1 Å². The van der Waals surface area contributed by atoms with Gasteiger partial charge >= 0.3 is 0 Å². The zero-order chi connectivity index (χ0) is 13.6. The topological polar surface area (TPSA) is 48.2 Å². The number of rotatable bonds is 6. The fourth-order valence-electron chi connectivity index (χ4n) is 1.54. The highest BCUT2D eigenvalue weighted by atomic mass is 16.3. The molecular formula is C14H21N3O. The molecule has 0 aromatic heterocycles. The SMILES string of the molecule is C=N/C=N\N(C)C(C)(O)CCc1ccc(C)cc1. The Balaban J connectivity index is 2.57. The Morgan fingerprint density at radius 3 is 2.56 bits per heavy atom. The fraction of sp³-hybridized carbons (Fsp3) is 0.429. The maximum atomic E-state index is 10.3. The average Bonchev–Trinajstić information content (AvgIpc) is 2.35. The number of hydrogen-bond acceptors (Lipinski definition) is 3. The van der Waals surface area contributed by atoms with Crippen LogP contribution in [-0.2, 0) is 6.42 Å². The number of hydrazone groups is 1. The minimum Gasteiger partial charge on any atom is -0.370 e. The van der Waals surface area contributed by atoms with Gasteiger partial charge in [-0.3, -0.25) is 10.0 Å². The second kappa shape index (κ2) is 6.31. The maximum Gasteiger partial charge on any atom is 0.150 e. The first-order chi connectivity index (χ1) is 8.45. The molecule has 1 rings (SSSR count). The molecule has 0 saturated heterocycles. The van der Waals surface area contributed by atoms with Gasteiger partial charge in [-0.1, -0.05) is 29.8 Å². The summed E-state index contributed by atoms with van der Waals surface area (Å²) >= 11 is 0. The summed E-state index contributed by atoms with van der Waals surface area (Å²) in [6, 6.07) is 8.32. The molecule has 4 heteroatoms. The maximum absolute atomic E-state index is 10.3. The highest BCUT2D eigenvalue weighted by Gasteiger charge is 2.24. The van der Waals surface area contributed by atoms with Crippen LogP contribution >= 0.6 is 0 Å². The van der Waals surface area contributed by atoms with Crippen molar-refractivity contribution in [1.82, 2.24) is 5.01 Å². The Bertz CT molecular complexity index is 410. The van der Waals surface area contributed by atoms with Crippen LogP contribution in [0.1, 0.15) is 24.5 Å². The molecule has 18 heavy (non-hydrogen) atoms. The van der Waals surface area contributed by atoms with Crippen molar-refractivity contribution in [3.63, 3.8) is 0 Å². The molecule has 98 valence electrons. The van der Waals surface area contributed by atoms with E-state index in [9.17, 15) is 5.11 Å². The van der Waals surface area contributed by atoms with E-state index in [2.05, 4.69) is 48.0 Å². The van der Waals surface area contributed by atoms with Gasteiger partial charge in [-0.2, -0.15) is 5.10 Å². The number of aliphatic hydroxyl groups is 1. The zero-order valence-corrected chi connectivity index (χ0v) is 11.3. The van der Waals surface area contributed by atoms with Gasteiger partial charge in [0.1, 0.15) is 6.34 Å². The summed E-state index contributed by atoms with van der Waals surface area (Å²) in [6.07, 6.45) is 2.72. The highest BCUT2D eigenvalue weighted by molar-refractivity contribution is 5.61. The lowest BCUT2D eigenvalue weighted by atomic mass is 10.0. The summed E-state index contributed by atoms with van der Waals surface area (Å²) in [4.78, 5) is 3.52. The standard InChI is InChI=1S/C14H21N3O/c1-12-5-7-13(8-6-12)9-10-14(2,18)17(4)16-11-15-3/h5-8,11,18H,3,9-10H2,1-2,4H3/b16-11-. The predicted molar refractivity (Wildman–Crippen MR) is 75.9 cm³/mol. The second-order valence-corrected chi connectivity index (χ2v) is 4.64. The van der Waals surface area contributed by atoms with Gasteiger partial charge in [-0.25, -0.2) is 0 Å². The molecule has 0 heterocycles.